The molecule has 5 heteroatoms. The highest BCUT2D eigenvalue weighted by Crippen LogP contribution is 2.19. The van der Waals surface area contributed by atoms with Crippen LogP contribution in [0.5, 0.6) is 0 Å². The molecule has 0 heterocycles. The molecule has 0 saturated carbocycles. The van der Waals surface area contributed by atoms with Gasteiger partial charge in [-0.15, -0.1) is 0 Å². The molecule has 3 aromatic rings. The van der Waals surface area contributed by atoms with Crippen LogP contribution in [0.15, 0.2) is 84.9 Å². The summed E-state index contributed by atoms with van der Waals surface area (Å²) in [5.41, 5.74) is 4.47. The molecule has 0 unspecified atom stereocenters. The van der Waals surface area contributed by atoms with Crippen LogP contribution < -0.4 is 5.32 Å². The summed E-state index contributed by atoms with van der Waals surface area (Å²) in [6.45, 7) is 6.52. The van der Waals surface area contributed by atoms with Gasteiger partial charge >= 0.3 is 0 Å². The lowest BCUT2D eigenvalue weighted by Gasteiger charge is -2.32. The zero-order chi connectivity index (χ0) is 25.8. The molecule has 4 nitrogen and oxygen atoms in total. The molecular weight excluding hydrogens is 464 g/mol. The number of benzene rings is 3. The summed E-state index contributed by atoms with van der Waals surface area (Å²) in [6.07, 6.45) is 1.72. The molecule has 0 aliphatic rings. The fraction of sp³-hybridized carbons (Fsp3) is 0.355. The fourth-order valence-electron chi connectivity index (χ4n) is 4.07. The maximum atomic E-state index is 13.7. The van der Waals surface area contributed by atoms with Gasteiger partial charge in [0.2, 0.25) is 11.8 Å². The predicted molar refractivity (Wildman–Crippen MR) is 151 cm³/mol. The highest BCUT2D eigenvalue weighted by Gasteiger charge is 2.30. The van der Waals surface area contributed by atoms with Crippen LogP contribution in [-0.2, 0) is 28.3 Å². The van der Waals surface area contributed by atoms with Gasteiger partial charge in [0.05, 0.1) is 0 Å². The SMILES string of the molecule is CC[C@H](C)NC(=O)[C@@H](Cc1ccccc1)N(Cc1cccc(C)c1)C(=O)CCSCc1ccccc1. The van der Waals surface area contributed by atoms with Crippen molar-refractivity contribution in [2.45, 2.75) is 64.4 Å². The topological polar surface area (TPSA) is 49.4 Å². The summed E-state index contributed by atoms with van der Waals surface area (Å²) >= 11 is 1.75. The van der Waals surface area contributed by atoms with Gasteiger partial charge in [-0.05, 0) is 37.0 Å². The number of hydrogen-bond acceptors (Lipinski definition) is 3. The predicted octanol–water partition coefficient (Wildman–Crippen LogP) is 6.17. The van der Waals surface area contributed by atoms with E-state index in [-0.39, 0.29) is 17.9 Å². The van der Waals surface area contributed by atoms with Crippen molar-refractivity contribution in [3.8, 4) is 0 Å². The highest BCUT2D eigenvalue weighted by molar-refractivity contribution is 7.98. The molecule has 36 heavy (non-hydrogen) atoms. The lowest BCUT2D eigenvalue weighted by Crippen LogP contribution is -2.52. The zero-order valence-corrected chi connectivity index (χ0v) is 22.5. The first-order valence-electron chi connectivity index (χ1n) is 12.8. The third kappa shape index (κ3) is 8.87. The second-order valence-corrected chi connectivity index (χ2v) is 10.4. The summed E-state index contributed by atoms with van der Waals surface area (Å²) in [7, 11) is 0. The monoisotopic (exact) mass is 502 g/mol. The Bertz CT molecular complexity index is 1090. The van der Waals surface area contributed by atoms with Crippen molar-refractivity contribution in [1.82, 2.24) is 10.2 Å². The van der Waals surface area contributed by atoms with Crippen LogP contribution in [0.4, 0.5) is 0 Å². The van der Waals surface area contributed by atoms with Gasteiger partial charge < -0.3 is 10.2 Å². The van der Waals surface area contributed by atoms with Gasteiger partial charge in [0.15, 0.2) is 0 Å². The Morgan fingerprint density at radius 1 is 0.889 bits per heavy atom. The molecule has 2 atom stereocenters. The Balaban J connectivity index is 1.80. The third-order valence-corrected chi connectivity index (χ3v) is 7.31. The van der Waals surface area contributed by atoms with Crippen LogP contribution in [-0.4, -0.2) is 34.6 Å². The summed E-state index contributed by atoms with van der Waals surface area (Å²) in [4.78, 5) is 29.0. The Labute approximate surface area is 220 Å². The summed E-state index contributed by atoms with van der Waals surface area (Å²) < 4.78 is 0. The molecule has 2 amide bonds. The lowest BCUT2D eigenvalue weighted by atomic mass is 10.0. The van der Waals surface area contributed by atoms with Crippen molar-refractivity contribution in [3.05, 3.63) is 107 Å². The minimum absolute atomic E-state index is 0.0114. The second kappa shape index (κ2) is 14.5. The van der Waals surface area contributed by atoms with Crippen LogP contribution in [0.25, 0.3) is 0 Å². The molecule has 0 aliphatic heterocycles. The van der Waals surface area contributed by atoms with E-state index >= 15 is 0 Å². The smallest absolute Gasteiger partial charge is 0.243 e. The molecule has 3 rings (SSSR count). The fourth-order valence-corrected chi connectivity index (χ4v) is 4.96. The maximum absolute atomic E-state index is 13.7. The largest absolute Gasteiger partial charge is 0.352 e. The number of hydrogen-bond donors (Lipinski definition) is 1. The molecular formula is C31H38N2O2S. The maximum Gasteiger partial charge on any atom is 0.243 e. The number of rotatable bonds is 13. The van der Waals surface area contributed by atoms with Gasteiger partial charge in [-0.1, -0.05) is 97.4 Å². The van der Waals surface area contributed by atoms with E-state index in [9.17, 15) is 9.59 Å². The van der Waals surface area contributed by atoms with E-state index in [4.69, 9.17) is 0 Å². The molecule has 0 fully saturated rings. The Kier molecular flexibility index (Phi) is 11.1. The van der Waals surface area contributed by atoms with Crippen molar-refractivity contribution >= 4 is 23.6 Å². The van der Waals surface area contributed by atoms with E-state index < -0.39 is 6.04 Å². The Morgan fingerprint density at radius 2 is 1.53 bits per heavy atom. The van der Waals surface area contributed by atoms with Crippen LogP contribution in [0.1, 0.15) is 48.9 Å². The van der Waals surface area contributed by atoms with E-state index in [0.717, 1.165) is 28.9 Å². The molecule has 0 saturated heterocycles. The van der Waals surface area contributed by atoms with Gasteiger partial charge in [0.1, 0.15) is 6.04 Å². The van der Waals surface area contributed by atoms with Gasteiger partial charge in [0.25, 0.3) is 0 Å². The van der Waals surface area contributed by atoms with Gasteiger partial charge in [-0.2, -0.15) is 11.8 Å². The van der Waals surface area contributed by atoms with Crippen LogP contribution in [0.2, 0.25) is 0 Å². The van der Waals surface area contributed by atoms with E-state index in [2.05, 4.69) is 30.4 Å². The number of aryl methyl sites for hydroxylation is 1. The first kappa shape index (κ1) is 27.5. The number of nitrogens with zero attached hydrogens (tertiary/aromatic N) is 1. The molecule has 190 valence electrons. The van der Waals surface area contributed by atoms with Crippen LogP contribution >= 0.6 is 11.8 Å². The van der Waals surface area contributed by atoms with Gasteiger partial charge in [0, 0.05) is 36.9 Å². The van der Waals surface area contributed by atoms with Crippen molar-refractivity contribution in [2.24, 2.45) is 0 Å². The zero-order valence-electron chi connectivity index (χ0n) is 21.7. The Hall–Kier alpha value is -3.05. The molecule has 1 N–H and O–H groups in total. The second-order valence-electron chi connectivity index (χ2n) is 9.32. The van der Waals surface area contributed by atoms with Crippen LogP contribution in [0, 0.1) is 6.92 Å². The average molecular weight is 503 g/mol. The van der Waals surface area contributed by atoms with Gasteiger partial charge in [-0.3, -0.25) is 9.59 Å². The molecule has 0 aromatic heterocycles. The summed E-state index contributed by atoms with van der Waals surface area (Å²) in [6, 6.07) is 27.9. The molecule has 0 bridgehead atoms. The van der Waals surface area contributed by atoms with Crippen LogP contribution in [0.3, 0.4) is 0 Å². The summed E-state index contributed by atoms with van der Waals surface area (Å²) in [5, 5.41) is 3.13. The lowest BCUT2D eigenvalue weighted by molar-refractivity contribution is -0.141. The summed E-state index contributed by atoms with van der Waals surface area (Å²) in [5.74, 6) is 1.50. The van der Waals surface area contributed by atoms with Gasteiger partial charge in [-0.25, -0.2) is 0 Å². The first-order chi connectivity index (χ1) is 17.5. The van der Waals surface area contributed by atoms with E-state index in [0.29, 0.717) is 25.1 Å². The van der Waals surface area contributed by atoms with E-state index in [1.165, 1.54) is 5.56 Å². The minimum Gasteiger partial charge on any atom is -0.352 e. The standard InChI is InChI=1S/C31H38N2O2S/c1-4-25(3)32-31(35)29(21-26-13-7-5-8-14-26)33(22-28-17-11-12-24(2)20-28)30(34)18-19-36-23-27-15-9-6-10-16-27/h5-17,20,25,29H,4,18-19,21-23H2,1-3H3,(H,32,35)/t25-,29+/m0/s1. The number of carbonyl (C=O) groups excluding carboxylic acids is 2. The number of amides is 2. The molecule has 0 radical (unpaired) electrons. The molecule has 0 spiro atoms. The van der Waals surface area contributed by atoms with E-state index in [1.807, 2.05) is 80.6 Å². The van der Waals surface area contributed by atoms with Crippen molar-refractivity contribution in [3.63, 3.8) is 0 Å². The quantitative estimate of drug-likeness (QED) is 0.284. The number of thioether (sulfide) groups is 1. The Morgan fingerprint density at radius 3 is 2.17 bits per heavy atom. The average Bonchev–Trinajstić information content (AvgIpc) is 2.89. The highest BCUT2D eigenvalue weighted by atomic mass is 32.2. The van der Waals surface area contributed by atoms with Crippen molar-refractivity contribution < 1.29 is 9.59 Å². The molecule has 3 aromatic carbocycles. The normalized spacial score (nSPS) is 12.5. The van der Waals surface area contributed by atoms with Crippen molar-refractivity contribution in [2.75, 3.05) is 5.75 Å². The third-order valence-electron chi connectivity index (χ3n) is 6.28. The number of nitrogens with one attached hydrogen (secondary N) is 1. The number of carbonyl (C=O) groups is 2. The minimum atomic E-state index is -0.575. The van der Waals surface area contributed by atoms with Crippen molar-refractivity contribution in [1.29, 1.82) is 0 Å². The first-order valence-corrected chi connectivity index (χ1v) is 13.9. The van der Waals surface area contributed by atoms with E-state index in [1.54, 1.807) is 16.7 Å². The molecule has 0 aliphatic carbocycles.